The number of anilines is 1. The van der Waals surface area contributed by atoms with E-state index in [9.17, 15) is 18.0 Å². The summed E-state index contributed by atoms with van der Waals surface area (Å²) in [7, 11) is 0. The van der Waals surface area contributed by atoms with Crippen LogP contribution >= 0.6 is 0 Å². The highest BCUT2D eigenvalue weighted by Gasteiger charge is 2.39. The van der Waals surface area contributed by atoms with Crippen LogP contribution < -0.4 is 10.6 Å². The molecular formula is C11H13F3N2O. The van der Waals surface area contributed by atoms with Crippen molar-refractivity contribution < 1.29 is 18.0 Å². The smallest absolute Gasteiger partial charge is 0.383 e. The number of rotatable bonds is 4. The van der Waals surface area contributed by atoms with E-state index in [1.807, 2.05) is 11.4 Å². The molecule has 1 atom stereocenters. The van der Waals surface area contributed by atoms with Crippen molar-refractivity contribution in [3.63, 3.8) is 0 Å². The van der Waals surface area contributed by atoms with E-state index in [0.717, 1.165) is 5.69 Å². The second-order valence-electron chi connectivity index (χ2n) is 3.62. The Morgan fingerprint density at radius 1 is 1.29 bits per heavy atom. The standard InChI is InChI=1S/C11H13F3N2O/c1-8(16-10(17)11(12,13)14)7-15-9-5-3-2-4-6-9/h2-6,8,15H,7H2,1H3,(H,16,17)/t8-/m1/s1. The van der Waals surface area contributed by atoms with Gasteiger partial charge in [0, 0.05) is 18.3 Å². The van der Waals surface area contributed by atoms with E-state index in [0.29, 0.717) is 0 Å². The van der Waals surface area contributed by atoms with Gasteiger partial charge in [0.05, 0.1) is 0 Å². The summed E-state index contributed by atoms with van der Waals surface area (Å²) in [5.74, 6) is -1.92. The molecule has 17 heavy (non-hydrogen) atoms. The summed E-state index contributed by atoms with van der Waals surface area (Å²) >= 11 is 0. The Morgan fingerprint density at radius 3 is 2.41 bits per heavy atom. The van der Waals surface area contributed by atoms with Gasteiger partial charge in [-0.25, -0.2) is 0 Å². The molecule has 0 saturated heterocycles. The molecule has 94 valence electrons. The monoisotopic (exact) mass is 246 g/mol. The maximum Gasteiger partial charge on any atom is 0.471 e. The van der Waals surface area contributed by atoms with E-state index < -0.39 is 18.1 Å². The molecule has 0 aliphatic rings. The summed E-state index contributed by atoms with van der Waals surface area (Å²) in [5, 5.41) is 4.78. The van der Waals surface area contributed by atoms with Crippen molar-refractivity contribution in [2.45, 2.75) is 19.1 Å². The van der Waals surface area contributed by atoms with E-state index in [1.165, 1.54) is 6.92 Å². The second-order valence-corrected chi connectivity index (χ2v) is 3.62. The quantitative estimate of drug-likeness (QED) is 0.854. The topological polar surface area (TPSA) is 41.1 Å². The molecule has 6 heteroatoms. The largest absolute Gasteiger partial charge is 0.471 e. The number of carbonyl (C=O) groups excluding carboxylic acids is 1. The molecule has 1 amide bonds. The summed E-state index contributed by atoms with van der Waals surface area (Å²) in [6, 6.07) is 8.42. The SMILES string of the molecule is C[C@H](CNc1ccccc1)NC(=O)C(F)(F)F. The Kier molecular flexibility index (Phi) is 4.37. The average Bonchev–Trinajstić information content (AvgIpc) is 2.26. The number of halogens is 3. The maximum absolute atomic E-state index is 11.9. The normalized spacial score (nSPS) is 12.9. The fourth-order valence-electron chi connectivity index (χ4n) is 1.18. The molecule has 0 aliphatic heterocycles. The lowest BCUT2D eigenvalue weighted by atomic mass is 10.3. The fourth-order valence-corrected chi connectivity index (χ4v) is 1.18. The Balaban J connectivity index is 2.36. The molecule has 0 bridgehead atoms. The minimum atomic E-state index is -4.83. The number of carbonyl (C=O) groups is 1. The molecule has 3 nitrogen and oxygen atoms in total. The van der Waals surface area contributed by atoms with Crippen LogP contribution in [0.2, 0.25) is 0 Å². The van der Waals surface area contributed by atoms with Crippen LogP contribution in [0, 0.1) is 0 Å². The van der Waals surface area contributed by atoms with Gasteiger partial charge in [-0.05, 0) is 19.1 Å². The minimum Gasteiger partial charge on any atom is -0.383 e. The van der Waals surface area contributed by atoms with E-state index in [4.69, 9.17) is 0 Å². The highest BCUT2D eigenvalue weighted by molar-refractivity contribution is 5.81. The van der Waals surface area contributed by atoms with Crippen molar-refractivity contribution in [3.05, 3.63) is 30.3 Å². The van der Waals surface area contributed by atoms with Gasteiger partial charge in [0.25, 0.3) is 0 Å². The first-order chi connectivity index (χ1) is 7.89. The number of hydrogen-bond acceptors (Lipinski definition) is 2. The molecule has 2 N–H and O–H groups in total. The van der Waals surface area contributed by atoms with Crippen LogP contribution in [0.1, 0.15) is 6.92 Å². The molecular weight excluding hydrogens is 233 g/mol. The number of nitrogens with one attached hydrogen (secondary N) is 2. The van der Waals surface area contributed by atoms with E-state index >= 15 is 0 Å². The molecule has 0 unspecified atom stereocenters. The molecule has 0 aromatic heterocycles. The van der Waals surface area contributed by atoms with Gasteiger partial charge in [-0.2, -0.15) is 13.2 Å². The third-order valence-corrected chi connectivity index (χ3v) is 2.02. The van der Waals surface area contributed by atoms with Crippen LogP contribution in [-0.2, 0) is 4.79 Å². The van der Waals surface area contributed by atoms with E-state index in [-0.39, 0.29) is 6.54 Å². The predicted octanol–water partition coefficient (Wildman–Crippen LogP) is 2.17. The number of benzene rings is 1. The van der Waals surface area contributed by atoms with Crippen molar-refractivity contribution in [2.75, 3.05) is 11.9 Å². The van der Waals surface area contributed by atoms with Gasteiger partial charge in [0.15, 0.2) is 0 Å². The zero-order chi connectivity index (χ0) is 12.9. The minimum absolute atomic E-state index is 0.228. The zero-order valence-corrected chi connectivity index (χ0v) is 9.21. The van der Waals surface area contributed by atoms with E-state index in [1.54, 1.807) is 24.3 Å². The molecule has 0 saturated carbocycles. The number of hydrogen-bond donors (Lipinski definition) is 2. The number of alkyl halides is 3. The summed E-state index contributed by atoms with van der Waals surface area (Å²) < 4.78 is 35.8. The first kappa shape index (κ1) is 13.3. The lowest BCUT2D eigenvalue weighted by Gasteiger charge is -2.16. The molecule has 1 rings (SSSR count). The Morgan fingerprint density at radius 2 is 1.88 bits per heavy atom. The summed E-state index contributed by atoms with van der Waals surface area (Å²) in [5.41, 5.74) is 0.792. The van der Waals surface area contributed by atoms with Gasteiger partial charge < -0.3 is 10.6 Å². The van der Waals surface area contributed by atoms with Crippen molar-refractivity contribution in [1.29, 1.82) is 0 Å². The maximum atomic E-state index is 11.9. The zero-order valence-electron chi connectivity index (χ0n) is 9.21. The molecule has 0 fully saturated rings. The third kappa shape index (κ3) is 4.76. The molecule has 1 aromatic rings. The Hall–Kier alpha value is -1.72. The molecule has 0 aliphatic carbocycles. The van der Waals surface area contributed by atoms with Crippen LogP contribution in [0.4, 0.5) is 18.9 Å². The van der Waals surface area contributed by atoms with Gasteiger partial charge in [0.1, 0.15) is 0 Å². The lowest BCUT2D eigenvalue weighted by Crippen LogP contribution is -2.44. The van der Waals surface area contributed by atoms with Crippen molar-refractivity contribution in [2.24, 2.45) is 0 Å². The van der Waals surface area contributed by atoms with Crippen LogP contribution in [0.15, 0.2) is 30.3 Å². The first-order valence-electron chi connectivity index (χ1n) is 5.06. The van der Waals surface area contributed by atoms with Crippen LogP contribution in [0.5, 0.6) is 0 Å². The van der Waals surface area contributed by atoms with E-state index in [2.05, 4.69) is 5.32 Å². The van der Waals surface area contributed by atoms with Crippen LogP contribution in [0.25, 0.3) is 0 Å². The lowest BCUT2D eigenvalue weighted by molar-refractivity contribution is -0.174. The van der Waals surface area contributed by atoms with Gasteiger partial charge in [0.2, 0.25) is 0 Å². The van der Waals surface area contributed by atoms with Crippen molar-refractivity contribution >= 4 is 11.6 Å². The predicted molar refractivity (Wildman–Crippen MR) is 58.6 cm³/mol. The molecule has 0 radical (unpaired) electrons. The Labute approximate surface area is 97.0 Å². The van der Waals surface area contributed by atoms with Crippen molar-refractivity contribution in [1.82, 2.24) is 5.32 Å². The third-order valence-electron chi connectivity index (χ3n) is 2.02. The molecule has 0 heterocycles. The Bertz CT molecular complexity index is 365. The summed E-state index contributed by atoms with van der Waals surface area (Å²) in [6.07, 6.45) is -4.83. The van der Waals surface area contributed by atoms with Crippen LogP contribution in [0.3, 0.4) is 0 Å². The average molecular weight is 246 g/mol. The van der Waals surface area contributed by atoms with Gasteiger partial charge in [-0.1, -0.05) is 18.2 Å². The fraction of sp³-hybridized carbons (Fsp3) is 0.364. The highest BCUT2D eigenvalue weighted by atomic mass is 19.4. The highest BCUT2D eigenvalue weighted by Crippen LogP contribution is 2.14. The number of para-hydroxylation sites is 1. The molecule has 0 spiro atoms. The molecule has 1 aromatic carbocycles. The first-order valence-corrected chi connectivity index (χ1v) is 5.06. The van der Waals surface area contributed by atoms with Gasteiger partial charge in [-0.3, -0.25) is 4.79 Å². The van der Waals surface area contributed by atoms with Gasteiger partial charge in [-0.15, -0.1) is 0 Å². The van der Waals surface area contributed by atoms with Crippen LogP contribution in [-0.4, -0.2) is 24.7 Å². The van der Waals surface area contributed by atoms with Crippen molar-refractivity contribution in [3.8, 4) is 0 Å². The summed E-state index contributed by atoms with van der Waals surface area (Å²) in [4.78, 5) is 10.6. The van der Waals surface area contributed by atoms with Gasteiger partial charge >= 0.3 is 12.1 Å². The number of amides is 1. The summed E-state index contributed by atoms with van der Waals surface area (Å²) in [6.45, 7) is 1.73. The second kappa shape index (κ2) is 5.56.